The summed E-state index contributed by atoms with van der Waals surface area (Å²) < 4.78 is 0. The Hall–Kier alpha value is -1.22. The Balaban J connectivity index is 2.24. The molecule has 0 unspecified atom stereocenters. The van der Waals surface area contributed by atoms with E-state index in [9.17, 15) is 5.11 Å². The first kappa shape index (κ1) is 8.38. The summed E-state index contributed by atoms with van der Waals surface area (Å²) in [5.41, 5.74) is 12.8. The molecule has 0 aromatic heterocycles. The first-order valence-electron chi connectivity index (χ1n) is 4.52. The lowest BCUT2D eigenvalue weighted by molar-refractivity contribution is 0.475. The maximum absolute atomic E-state index is 9.37. The van der Waals surface area contributed by atoms with E-state index >= 15 is 0 Å². The fraction of sp³-hybridized carbons (Fsp3) is 0.400. The van der Waals surface area contributed by atoms with Gasteiger partial charge < -0.3 is 16.6 Å². The van der Waals surface area contributed by atoms with Crippen molar-refractivity contribution in [3.8, 4) is 5.75 Å². The smallest absolute Gasteiger partial charge is 0.138 e. The molecule has 0 spiro atoms. The SMILES string of the molecule is Nc1ccc([C@@H](N)C2CC2)cc1O. The van der Waals surface area contributed by atoms with Crippen molar-refractivity contribution in [2.45, 2.75) is 18.9 Å². The Kier molecular flexibility index (Phi) is 1.88. The molecule has 1 atom stereocenters. The Morgan fingerprint density at radius 1 is 1.38 bits per heavy atom. The molecule has 3 heteroatoms. The Labute approximate surface area is 77.4 Å². The predicted octanol–water partition coefficient (Wildman–Crippen LogP) is 1.38. The van der Waals surface area contributed by atoms with E-state index in [0.29, 0.717) is 11.6 Å². The average molecular weight is 178 g/mol. The van der Waals surface area contributed by atoms with E-state index in [1.165, 1.54) is 12.8 Å². The fourth-order valence-electron chi connectivity index (χ4n) is 1.50. The molecule has 13 heavy (non-hydrogen) atoms. The van der Waals surface area contributed by atoms with E-state index in [0.717, 1.165) is 5.56 Å². The number of anilines is 1. The summed E-state index contributed by atoms with van der Waals surface area (Å²) >= 11 is 0. The number of aromatic hydroxyl groups is 1. The minimum Gasteiger partial charge on any atom is -0.506 e. The van der Waals surface area contributed by atoms with Crippen molar-refractivity contribution in [1.29, 1.82) is 0 Å². The van der Waals surface area contributed by atoms with Gasteiger partial charge in [-0.05, 0) is 36.5 Å². The largest absolute Gasteiger partial charge is 0.506 e. The van der Waals surface area contributed by atoms with Crippen molar-refractivity contribution in [1.82, 2.24) is 0 Å². The molecule has 1 aliphatic rings. The molecule has 0 bridgehead atoms. The lowest BCUT2D eigenvalue weighted by Gasteiger charge is -2.11. The third-order valence-corrected chi connectivity index (χ3v) is 2.57. The highest BCUT2D eigenvalue weighted by molar-refractivity contribution is 5.53. The molecule has 1 aromatic rings. The molecule has 70 valence electrons. The molecule has 0 radical (unpaired) electrons. The molecular weight excluding hydrogens is 164 g/mol. The van der Waals surface area contributed by atoms with Crippen molar-refractivity contribution in [3.63, 3.8) is 0 Å². The second-order valence-electron chi connectivity index (χ2n) is 3.68. The zero-order valence-electron chi connectivity index (χ0n) is 7.40. The molecule has 1 aliphatic carbocycles. The Morgan fingerprint density at radius 3 is 2.62 bits per heavy atom. The summed E-state index contributed by atoms with van der Waals surface area (Å²) in [6.07, 6.45) is 2.40. The second-order valence-corrected chi connectivity index (χ2v) is 3.68. The first-order valence-corrected chi connectivity index (χ1v) is 4.52. The predicted molar refractivity (Wildman–Crippen MR) is 52.2 cm³/mol. The van der Waals surface area contributed by atoms with Gasteiger partial charge in [0.2, 0.25) is 0 Å². The van der Waals surface area contributed by atoms with Gasteiger partial charge in [0, 0.05) is 6.04 Å². The van der Waals surface area contributed by atoms with E-state index in [-0.39, 0.29) is 11.8 Å². The highest BCUT2D eigenvalue weighted by Crippen LogP contribution is 2.40. The van der Waals surface area contributed by atoms with Crippen LogP contribution >= 0.6 is 0 Å². The number of rotatable bonds is 2. The average Bonchev–Trinajstić information content (AvgIpc) is 2.91. The third-order valence-electron chi connectivity index (χ3n) is 2.57. The number of nitrogen functional groups attached to an aromatic ring is 1. The van der Waals surface area contributed by atoms with Gasteiger partial charge in [-0.3, -0.25) is 0 Å². The van der Waals surface area contributed by atoms with Gasteiger partial charge in [0.1, 0.15) is 5.75 Å². The summed E-state index contributed by atoms with van der Waals surface area (Å²) in [6.45, 7) is 0. The van der Waals surface area contributed by atoms with Crippen LogP contribution in [0, 0.1) is 5.92 Å². The topological polar surface area (TPSA) is 72.3 Å². The van der Waals surface area contributed by atoms with Crippen molar-refractivity contribution < 1.29 is 5.11 Å². The van der Waals surface area contributed by atoms with Crippen LogP contribution in [0.1, 0.15) is 24.4 Å². The Bertz CT molecular complexity index is 321. The van der Waals surface area contributed by atoms with Crippen LogP contribution in [0.4, 0.5) is 5.69 Å². The van der Waals surface area contributed by atoms with Crippen LogP contribution in [0.3, 0.4) is 0 Å². The fourth-order valence-corrected chi connectivity index (χ4v) is 1.50. The number of hydrogen-bond acceptors (Lipinski definition) is 3. The third kappa shape index (κ3) is 1.60. The van der Waals surface area contributed by atoms with Crippen molar-refractivity contribution in [2.75, 3.05) is 5.73 Å². The number of phenols is 1. The van der Waals surface area contributed by atoms with E-state index in [2.05, 4.69) is 0 Å². The van der Waals surface area contributed by atoms with E-state index < -0.39 is 0 Å². The molecular formula is C10H14N2O. The molecule has 0 aliphatic heterocycles. The zero-order valence-corrected chi connectivity index (χ0v) is 7.40. The molecule has 1 fully saturated rings. The van der Waals surface area contributed by atoms with Crippen LogP contribution in [-0.4, -0.2) is 5.11 Å². The summed E-state index contributed by atoms with van der Waals surface area (Å²) in [6, 6.07) is 5.31. The summed E-state index contributed by atoms with van der Waals surface area (Å²) in [7, 11) is 0. The molecule has 2 rings (SSSR count). The van der Waals surface area contributed by atoms with Crippen molar-refractivity contribution in [2.24, 2.45) is 11.7 Å². The summed E-state index contributed by atoms with van der Waals surface area (Å²) in [4.78, 5) is 0. The molecule has 5 N–H and O–H groups in total. The minimum atomic E-state index is 0.0616. The maximum Gasteiger partial charge on any atom is 0.138 e. The Morgan fingerprint density at radius 2 is 2.08 bits per heavy atom. The molecule has 0 saturated heterocycles. The van der Waals surface area contributed by atoms with Crippen LogP contribution in [0.25, 0.3) is 0 Å². The van der Waals surface area contributed by atoms with Crippen LogP contribution < -0.4 is 11.5 Å². The highest BCUT2D eigenvalue weighted by atomic mass is 16.3. The molecule has 3 nitrogen and oxygen atoms in total. The van der Waals surface area contributed by atoms with Gasteiger partial charge in [0.05, 0.1) is 5.69 Å². The van der Waals surface area contributed by atoms with Crippen molar-refractivity contribution in [3.05, 3.63) is 23.8 Å². The summed E-state index contributed by atoms with van der Waals surface area (Å²) in [5, 5.41) is 9.37. The monoisotopic (exact) mass is 178 g/mol. The van der Waals surface area contributed by atoms with E-state index in [4.69, 9.17) is 11.5 Å². The van der Waals surface area contributed by atoms with Crippen LogP contribution in [0.15, 0.2) is 18.2 Å². The summed E-state index contributed by atoms with van der Waals surface area (Å²) in [5.74, 6) is 0.733. The van der Waals surface area contributed by atoms with Crippen LogP contribution in [0.5, 0.6) is 5.75 Å². The van der Waals surface area contributed by atoms with Gasteiger partial charge >= 0.3 is 0 Å². The van der Waals surface area contributed by atoms with Gasteiger partial charge in [-0.25, -0.2) is 0 Å². The van der Waals surface area contributed by atoms with Gasteiger partial charge in [-0.2, -0.15) is 0 Å². The lowest BCUT2D eigenvalue weighted by Crippen LogP contribution is -2.12. The molecule has 1 aromatic carbocycles. The molecule has 0 amide bonds. The molecule has 1 saturated carbocycles. The van der Waals surface area contributed by atoms with Gasteiger partial charge in [-0.15, -0.1) is 0 Å². The van der Waals surface area contributed by atoms with Gasteiger partial charge in [-0.1, -0.05) is 6.07 Å². The lowest BCUT2D eigenvalue weighted by atomic mass is 10.0. The number of benzene rings is 1. The first-order chi connectivity index (χ1) is 6.18. The number of nitrogens with two attached hydrogens (primary N) is 2. The highest BCUT2D eigenvalue weighted by Gasteiger charge is 2.29. The second kappa shape index (κ2) is 2.92. The number of hydrogen-bond donors (Lipinski definition) is 3. The van der Waals surface area contributed by atoms with E-state index in [1.807, 2.05) is 6.07 Å². The zero-order chi connectivity index (χ0) is 9.42. The van der Waals surface area contributed by atoms with Crippen molar-refractivity contribution >= 4 is 5.69 Å². The quantitative estimate of drug-likeness (QED) is 0.473. The molecule has 0 heterocycles. The van der Waals surface area contributed by atoms with Crippen LogP contribution in [0.2, 0.25) is 0 Å². The normalized spacial score (nSPS) is 18.5. The van der Waals surface area contributed by atoms with Gasteiger partial charge in [0.25, 0.3) is 0 Å². The maximum atomic E-state index is 9.37. The van der Waals surface area contributed by atoms with Crippen LogP contribution in [-0.2, 0) is 0 Å². The number of phenolic OH excluding ortho intramolecular Hbond substituents is 1. The standard InChI is InChI=1S/C10H14N2O/c11-8-4-3-7(5-9(8)13)10(12)6-1-2-6/h3-6,10,13H,1-2,11-12H2/t10-/m0/s1. The van der Waals surface area contributed by atoms with E-state index in [1.54, 1.807) is 12.1 Å². The van der Waals surface area contributed by atoms with Gasteiger partial charge in [0.15, 0.2) is 0 Å². The minimum absolute atomic E-state index is 0.0616.